The normalized spacial score (nSPS) is 20.5. The lowest BCUT2D eigenvalue weighted by atomic mass is 9.89. The molecule has 102 valence electrons. The minimum absolute atomic E-state index is 0.776. The topological polar surface area (TPSA) is 12.0 Å². The molecule has 1 N–H and O–H groups in total. The molecule has 1 rings (SSSR count). The van der Waals surface area contributed by atoms with Gasteiger partial charge < -0.3 is 5.32 Å². The minimum Gasteiger partial charge on any atom is -0.314 e. The summed E-state index contributed by atoms with van der Waals surface area (Å²) in [6.45, 7) is 8.18. The molecule has 1 nitrogen and oxygen atoms in total. The first kappa shape index (κ1) is 15.0. The van der Waals surface area contributed by atoms with Crippen molar-refractivity contribution in [2.45, 2.75) is 84.6 Å². The molecule has 0 aromatic rings. The van der Waals surface area contributed by atoms with Gasteiger partial charge in [0.15, 0.2) is 0 Å². The average Bonchev–Trinajstić information content (AvgIpc) is 2.53. The Labute approximate surface area is 109 Å². The van der Waals surface area contributed by atoms with Crippen LogP contribution in [-0.4, -0.2) is 12.6 Å². The molecule has 0 aromatic carbocycles. The van der Waals surface area contributed by atoms with E-state index < -0.39 is 0 Å². The Morgan fingerprint density at radius 2 is 1.71 bits per heavy atom. The molecule has 17 heavy (non-hydrogen) atoms. The van der Waals surface area contributed by atoms with Gasteiger partial charge in [0.1, 0.15) is 0 Å². The summed E-state index contributed by atoms with van der Waals surface area (Å²) in [5, 5.41) is 3.77. The third kappa shape index (κ3) is 7.08. The molecule has 0 aromatic heterocycles. The van der Waals surface area contributed by atoms with Gasteiger partial charge in [0.2, 0.25) is 0 Å². The largest absolute Gasteiger partial charge is 0.314 e. The van der Waals surface area contributed by atoms with Crippen molar-refractivity contribution in [3.05, 3.63) is 0 Å². The molecule has 1 fully saturated rings. The first-order valence-corrected chi connectivity index (χ1v) is 7.95. The lowest BCUT2D eigenvalue weighted by Crippen LogP contribution is -2.33. The van der Waals surface area contributed by atoms with Crippen LogP contribution in [0.1, 0.15) is 78.6 Å². The van der Waals surface area contributed by atoms with Gasteiger partial charge in [-0.1, -0.05) is 59.3 Å². The first-order chi connectivity index (χ1) is 8.22. The Kier molecular flexibility index (Phi) is 7.92. The monoisotopic (exact) mass is 239 g/mol. The van der Waals surface area contributed by atoms with Crippen molar-refractivity contribution in [3.63, 3.8) is 0 Å². The van der Waals surface area contributed by atoms with E-state index in [2.05, 4.69) is 26.1 Å². The van der Waals surface area contributed by atoms with E-state index in [9.17, 15) is 0 Å². The van der Waals surface area contributed by atoms with Crippen LogP contribution in [0.25, 0.3) is 0 Å². The van der Waals surface area contributed by atoms with Crippen LogP contribution in [0.4, 0.5) is 0 Å². The summed E-state index contributed by atoms with van der Waals surface area (Å²) in [6.07, 6.45) is 12.9. The van der Waals surface area contributed by atoms with Crippen molar-refractivity contribution >= 4 is 0 Å². The quantitative estimate of drug-likeness (QED) is 0.632. The summed E-state index contributed by atoms with van der Waals surface area (Å²) in [5.41, 5.74) is 0. The van der Waals surface area contributed by atoms with Gasteiger partial charge in [-0.05, 0) is 37.6 Å². The Bertz CT molecular complexity index is 168. The van der Waals surface area contributed by atoms with Crippen molar-refractivity contribution < 1.29 is 0 Å². The Morgan fingerprint density at radius 1 is 1.06 bits per heavy atom. The maximum Gasteiger partial charge on any atom is 0.00721 e. The molecular weight excluding hydrogens is 206 g/mol. The van der Waals surface area contributed by atoms with Crippen molar-refractivity contribution in [3.8, 4) is 0 Å². The summed E-state index contributed by atoms with van der Waals surface area (Å²) in [7, 11) is 0. The zero-order valence-electron chi connectivity index (χ0n) is 12.3. The van der Waals surface area contributed by atoms with Crippen molar-refractivity contribution in [2.24, 2.45) is 11.8 Å². The zero-order chi connectivity index (χ0) is 12.5. The smallest absolute Gasteiger partial charge is 0.00721 e. The van der Waals surface area contributed by atoms with Gasteiger partial charge >= 0.3 is 0 Å². The number of rotatable bonds is 7. The van der Waals surface area contributed by atoms with Gasteiger partial charge in [0, 0.05) is 6.04 Å². The number of hydrogen-bond acceptors (Lipinski definition) is 1. The Morgan fingerprint density at radius 3 is 2.24 bits per heavy atom. The van der Waals surface area contributed by atoms with Crippen molar-refractivity contribution in [2.75, 3.05) is 6.54 Å². The van der Waals surface area contributed by atoms with E-state index in [4.69, 9.17) is 0 Å². The van der Waals surface area contributed by atoms with Crippen LogP contribution in [0, 0.1) is 11.8 Å². The molecule has 1 aliphatic rings. The Balaban J connectivity index is 2.33. The van der Waals surface area contributed by atoms with E-state index >= 15 is 0 Å². The Hall–Kier alpha value is -0.0400. The van der Waals surface area contributed by atoms with Crippen LogP contribution in [0.15, 0.2) is 0 Å². The molecule has 0 heterocycles. The summed E-state index contributed by atoms with van der Waals surface area (Å²) in [5.74, 6) is 1.83. The highest BCUT2D eigenvalue weighted by atomic mass is 14.9. The molecule has 0 radical (unpaired) electrons. The third-order valence-corrected chi connectivity index (χ3v) is 4.03. The van der Waals surface area contributed by atoms with E-state index in [-0.39, 0.29) is 0 Å². The fraction of sp³-hybridized carbons (Fsp3) is 1.00. The van der Waals surface area contributed by atoms with Crippen LogP contribution in [0.5, 0.6) is 0 Å². The van der Waals surface area contributed by atoms with E-state index in [1.165, 1.54) is 64.3 Å². The van der Waals surface area contributed by atoms with Crippen LogP contribution < -0.4 is 5.32 Å². The molecule has 0 aliphatic heterocycles. The highest BCUT2D eigenvalue weighted by Crippen LogP contribution is 2.27. The molecule has 1 unspecified atom stereocenters. The first-order valence-electron chi connectivity index (χ1n) is 7.95. The van der Waals surface area contributed by atoms with Gasteiger partial charge in [0.25, 0.3) is 0 Å². The van der Waals surface area contributed by atoms with E-state index in [0.29, 0.717) is 0 Å². The summed E-state index contributed by atoms with van der Waals surface area (Å²) < 4.78 is 0. The second-order valence-corrected chi connectivity index (χ2v) is 6.37. The standard InChI is InChI=1S/C16H33N/c1-4-11-17-16(12-14(2)3)13-15-9-7-5-6-8-10-15/h14-17H,4-13H2,1-3H3. The lowest BCUT2D eigenvalue weighted by Gasteiger charge is -2.25. The van der Waals surface area contributed by atoms with E-state index in [1.807, 2.05) is 0 Å². The maximum absolute atomic E-state index is 3.77. The van der Waals surface area contributed by atoms with Crippen molar-refractivity contribution in [1.82, 2.24) is 5.32 Å². The van der Waals surface area contributed by atoms with E-state index in [1.54, 1.807) is 0 Å². The minimum atomic E-state index is 0.776. The van der Waals surface area contributed by atoms with Crippen LogP contribution >= 0.6 is 0 Å². The second kappa shape index (κ2) is 8.97. The van der Waals surface area contributed by atoms with Gasteiger partial charge in [-0.3, -0.25) is 0 Å². The molecule has 1 saturated carbocycles. The number of nitrogens with one attached hydrogen (secondary N) is 1. The SMILES string of the molecule is CCCNC(CC(C)C)CC1CCCCCC1. The fourth-order valence-electron chi connectivity index (χ4n) is 3.18. The van der Waals surface area contributed by atoms with Crippen LogP contribution in [0.3, 0.4) is 0 Å². The van der Waals surface area contributed by atoms with Gasteiger partial charge in [-0.15, -0.1) is 0 Å². The molecule has 0 bridgehead atoms. The third-order valence-electron chi connectivity index (χ3n) is 4.03. The second-order valence-electron chi connectivity index (χ2n) is 6.37. The molecular formula is C16H33N. The molecule has 0 spiro atoms. The molecule has 1 atom stereocenters. The van der Waals surface area contributed by atoms with Crippen molar-refractivity contribution in [1.29, 1.82) is 0 Å². The predicted octanol–water partition coefficient (Wildman–Crippen LogP) is 4.76. The molecule has 0 amide bonds. The molecule has 0 saturated heterocycles. The van der Waals surface area contributed by atoms with Gasteiger partial charge in [0.05, 0.1) is 0 Å². The van der Waals surface area contributed by atoms with Gasteiger partial charge in [-0.25, -0.2) is 0 Å². The maximum atomic E-state index is 3.77. The van der Waals surface area contributed by atoms with E-state index in [0.717, 1.165) is 17.9 Å². The van der Waals surface area contributed by atoms with Crippen LogP contribution in [0.2, 0.25) is 0 Å². The predicted molar refractivity (Wildman–Crippen MR) is 77.3 cm³/mol. The molecule has 1 aliphatic carbocycles. The summed E-state index contributed by atoms with van der Waals surface area (Å²) in [4.78, 5) is 0. The average molecular weight is 239 g/mol. The highest BCUT2D eigenvalue weighted by molar-refractivity contribution is 4.75. The molecule has 1 heteroatoms. The lowest BCUT2D eigenvalue weighted by molar-refractivity contribution is 0.317. The fourth-order valence-corrected chi connectivity index (χ4v) is 3.18. The number of hydrogen-bond donors (Lipinski definition) is 1. The van der Waals surface area contributed by atoms with Crippen LogP contribution in [-0.2, 0) is 0 Å². The highest BCUT2D eigenvalue weighted by Gasteiger charge is 2.18. The summed E-state index contributed by atoms with van der Waals surface area (Å²) in [6, 6.07) is 0.776. The van der Waals surface area contributed by atoms with Gasteiger partial charge in [-0.2, -0.15) is 0 Å². The summed E-state index contributed by atoms with van der Waals surface area (Å²) >= 11 is 0. The zero-order valence-corrected chi connectivity index (χ0v) is 12.3.